The normalized spacial score (nSPS) is 14.7. The van der Waals surface area contributed by atoms with E-state index in [-0.39, 0.29) is 17.4 Å². The van der Waals surface area contributed by atoms with E-state index in [0.29, 0.717) is 34.7 Å². The largest absolute Gasteiger partial charge is 0.481 e. The van der Waals surface area contributed by atoms with E-state index in [1.165, 1.54) is 47.9 Å². The molecular formula is C53H83ClN6O4. The van der Waals surface area contributed by atoms with Crippen LogP contribution in [0.15, 0.2) is 66.6 Å². The van der Waals surface area contributed by atoms with E-state index in [1.807, 2.05) is 71.0 Å². The zero-order valence-corrected chi connectivity index (χ0v) is 42.7. The smallest absolute Gasteiger partial charge is 0.266 e. The third-order valence-corrected chi connectivity index (χ3v) is 11.9. The molecule has 10 nitrogen and oxygen atoms in total. The van der Waals surface area contributed by atoms with Crippen molar-refractivity contribution in [2.75, 3.05) is 39.6 Å². The van der Waals surface area contributed by atoms with Crippen molar-refractivity contribution in [2.24, 2.45) is 17.6 Å². The van der Waals surface area contributed by atoms with Crippen LogP contribution in [0, 0.1) is 11.8 Å². The van der Waals surface area contributed by atoms with Crippen molar-refractivity contribution in [3.63, 3.8) is 0 Å². The number of halogens is 1. The van der Waals surface area contributed by atoms with Gasteiger partial charge < -0.3 is 26.0 Å². The number of methoxy groups -OCH3 is 1. The first-order chi connectivity index (χ1) is 30.6. The number of benzene rings is 2. The van der Waals surface area contributed by atoms with Crippen LogP contribution in [-0.2, 0) is 27.2 Å². The molecule has 2 unspecified atom stereocenters. The average Bonchev–Trinajstić information content (AvgIpc) is 3.69. The van der Waals surface area contributed by atoms with Crippen molar-refractivity contribution < 1.29 is 19.1 Å². The highest BCUT2D eigenvalue weighted by atomic mass is 35.5. The molecule has 0 radical (unpaired) electrons. The lowest BCUT2D eigenvalue weighted by atomic mass is 9.93. The van der Waals surface area contributed by atoms with Crippen LogP contribution in [0.25, 0.3) is 22.4 Å². The Balaban J connectivity index is 0.000000734. The van der Waals surface area contributed by atoms with E-state index in [9.17, 15) is 14.4 Å². The molecule has 4 N–H and O–H groups in total. The number of carbonyl (C=O) groups is 3. The number of carbonyl (C=O) groups excluding carboxylic acids is 3. The number of aromatic nitrogens is 1. The van der Waals surface area contributed by atoms with Gasteiger partial charge in [-0.15, -0.1) is 0 Å². The minimum absolute atomic E-state index is 0.0428. The lowest BCUT2D eigenvalue weighted by Gasteiger charge is -2.31. The van der Waals surface area contributed by atoms with Gasteiger partial charge >= 0.3 is 0 Å². The Hall–Kier alpha value is -4.67. The number of aryl methyl sites for hydroxylation is 1. The van der Waals surface area contributed by atoms with Crippen molar-refractivity contribution in [3.8, 4) is 28.3 Å². The Labute approximate surface area is 392 Å². The Kier molecular flexibility index (Phi) is 27.3. The molecule has 2 heterocycles. The van der Waals surface area contributed by atoms with Gasteiger partial charge in [0, 0.05) is 55.1 Å². The number of pyridine rings is 1. The fourth-order valence-electron chi connectivity index (χ4n) is 7.03. The van der Waals surface area contributed by atoms with Crippen LogP contribution in [0.3, 0.4) is 0 Å². The van der Waals surface area contributed by atoms with Gasteiger partial charge in [-0.3, -0.25) is 19.3 Å². The highest BCUT2D eigenvalue weighted by molar-refractivity contribution is 6.36. The van der Waals surface area contributed by atoms with Gasteiger partial charge in [0.2, 0.25) is 11.8 Å². The van der Waals surface area contributed by atoms with E-state index in [2.05, 4.69) is 64.8 Å². The third kappa shape index (κ3) is 16.4. The summed E-state index contributed by atoms with van der Waals surface area (Å²) < 4.78 is 5.69. The van der Waals surface area contributed by atoms with Gasteiger partial charge in [0.05, 0.1) is 17.8 Å². The van der Waals surface area contributed by atoms with E-state index in [1.54, 1.807) is 26.1 Å². The first-order valence-electron chi connectivity index (χ1n) is 23.8. The summed E-state index contributed by atoms with van der Waals surface area (Å²) in [5.74, 6) is 1.99. The molecule has 2 aliphatic rings. The fraction of sp³-hybridized carbons (Fsp3) is 0.547. The molecule has 0 fully saturated rings. The summed E-state index contributed by atoms with van der Waals surface area (Å²) in [5, 5.41) is 6.33. The number of nitrogens with one attached hydrogen (secondary N) is 2. The lowest BCUT2D eigenvalue weighted by Crippen LogP contribution is -2.41. The van der Waals surface area contributed by atoms with Gasteiger partial charge in [-0.2, -0.15) is 0 Å². The van der Waals surface area contributed by atoms with Gasteiger partial charge in [-0.1, -0.05) is 150 Å². The van der Waals surface area contributed by atoms with Crippen LogP contribution in [0.5, 0.6) is 5.88 Å². The number of nitrogens with two attached hydrogens (primary N) is 1. The highest BCUT2D eigenvalue weighted by Crippen LogP contribution is 2.43. The molecule has 64 heavy (non-hydrogen) atoms. The number of nitrogens with zero attached hydrogens (tertiary/aromatic N) is 3. The number of unbranched alkanes of at least 4 members (excludes halogenated alkanes) is 1. The van der Waals surface area contributed by atoms with Crippen molar-refractivity contribution >= 4 is 35.0 Å². The summed E-state index contributed by atoms with van der Waals surface area (Å²) in [4.78, 5) is 44.9. The van der Waals surface area contributed by atoms with Gasteiger partial charge in [-0.05, 0) is 86.2 Å². The maximum absolute atomic E-state index is 13.3. The minimum atomic E-state index is -0.473. The predicted molar refractivity (Wildman–Crippen MR) is 272 cm³/mol. The Morgan fingerprint density at radius 2 is 1.59 bits per heavy atom. The number of anilines is 1. The first kappa shape index (κ1) is 57.3. The molecule has 0 saturated carbocycles. The zero-order chi connectivity index (χ0) is 48.5. The number of rotatable bonds is 15. The van der Waals surface area contributed by atoms with Crippen LogP contribution < -0.4 is 21.1 Å². The molecule has 0 saturated heterocycles. The summed E-state index contributed by atoms with van der Waals surface area (Å²) >= 11 is 7.13. The van der Waals surface area contributed by atoms with E-state index in [4.69, 9.17) is 27.1 Å². The standard InChI is InChI=1S/C33H35ClN4O3.C8H18.C7H15NO.C3H9N.C2H6/c1-7-10-23-22(11-9-14-27(23)35-31(39)26-18-37(4)20(3)38(5)33(26)40)24-12-8-13-25(30(24)34)28-17-21-16-15-19(2)29(21)32(36-28)41-6;1-4-6-7-8(3)5-2;1-4-6(3)7(9)8-5-2;1-2-3-4;1-2/h8-9,11-14,17-19H,3,7,10,15-16H2,1-2,4-6H3,(H,35,39);8H,4-7H2,1-3H3;6H,4-5H2,1-3H3,(H,8,9);2-4H2,1H3;1-2H3/t;8-;;;/m.1.../s1. The predicted octanol–water partition coefficient (Wildman–Crippen LogP) is 12.5. The summed E-state index contributed by atoms with van der Waals surface area (Å²) in [7, 11) is 5.02. The second-order valence-corrected chi connectivity index (χ2v) is 16.7. The van der Waals surface area contributed by atoms with Crippen LogP contribution in [0.2, 0.25) is 5.02 Å². The molecule has 356 valence electrons. The lowest BCUT2D eigenvalue weighted by molar-refractivity contribution is -0.128. The molecule has 3 aromatic rings. The maximum Gasteiger partial charge on any atom is 0.266 e. The number of hydrogen-bond donors (Lipinski definition) is 3. The molecule has 2 aromatic carbocycles. The summed E-state index contributed by atoms with van der Waals surface area (Å²) in [6.45, 7) is 28.5. The van der Waals surface area contributed by atoms with Crippen molar-refractivity contribution in [1.29, 1.82) is 0 Å². The molecule has 5 rings (SSSR count). The highest BCUT2D eigenvalue weighted by Gasteiger charge is 2.30. The molecule has 0 bridgehead atoms. The third-order valence-electron chi connectivity index (χ3n) is 11.5. The Morgan fingerprint density at radius 1 is 0.969 bits per heavy atom. The summed E-state index contributed by atoms with van der Waals surface area (Å²) in [5.41, 5.74) is 12.5. The average molecular weight is 904 g/mol. The summed E-state index contributed by atoms with van der Waals surface area (Å²) in [6.07, 6.45) is 12.7. The molecule has 1 aliphatic carbocycles. The van der Waals surface area contributed by atoms with Gasteiger partial charge in [0.1, 0.15) is 11.4 Å². The molecule has 1 aromatic heterocycles. The number of likely N-dealkylation sites (N-methyl/N-ethyl adjacent to an activating group) is 1. The number of ether oxygens (including phenoxy) is 1. The topological polar surface area (TPSA) is 130 Å². The quantitative estimate of drug-likeness (QED) is 0.130. The number of amides is 3. The van der Waals surface area contributed by atoms with Crippen molar-refractivity contribution in [1.82, 2.24) is 20.1 Å². The SMILES string of the molecule is C=C1N(C)C=C(C(=O)Nc2cccc(-c3cccc(-c4cc5c(c(OC)n4)C(C)CC5)c3Cl)c2CCC)C(=O)N1C.CC.CCCC[C@H](C)CC.CCCN.CCNC(=O)C(C)CC. The van der Waals surface area contributed by atoms with Crippen LogP contribution in [0.1, 0.15) is 150 Å². The van der Waals surface area contributed by atoms with Crippen LogP contribution in [-0.4, -0.2) is 66.8 Å². The van der Waals surface area contributed by atoms with Gasteiger partial charge in [0.15, 0.2) is 0 Å². The van der Waals surface area contributed by atoms with Crippen molar-refractivity contribution in [2.45, 2.75) is 146 Å². The molecule has 3 atom stereocenters. The molecular weight excluding hydrogens is 820 g/mol. The zero-order valence-electron chi connectivity index (χ0n) is 42.0. The summed E-state index contributed by atoms with van der Waals surface area (Å²) in [6, 6.07) is 13.8. The van der Waals surface area contributed by atoms with Crippen molar-refractivity contribution in [3.05, 3.63) is 88.4 Å². The maximum atomic E-state index is 13.3. The Morgan fingerprint density at radius 3 is 2.16 bits per heavy atom. The van der Waals surface area contributed by atoms with Gasteiger partial charge in [-0.25, -0.2) is 4.98 Å². The van der Waals surface area contributed by atoms with Crippen LogP contribution >= 0.6 is 11.6 Å². The molecule has 3 amide bonds. The first-order valence-corrected chi connectivity index (χ1v) is 24.2. The number of fused-ring (bicyclic) bond motifs is 1. The second kappa shape index (κ2) is 30.5. The molecule has 1 aliphatic heterocycles. The number of hydrogen-bond acceptors (Lipinski definition) is 7. The van der Waals surface area contributed by atoms with Gasteiger partial charge in [0.25, 0.3) is 11.8 Å². The Bertz CT molecular complexity index is 1960. The second-order valence-electron chi connectivity index (χ2n) is 16.3. The van der Waals surface area contributed by atoms with E-state index < -0.39 is 11.8 Å². The monoisotopic (exact) mass is 903 g/mol. The van der Waals surface area contributed by atoms with E-state index in [0.717, 1.165) is 79.1 Å². The minimum Gasteiger partial charge on any atom is -0.481 e. The fourth-order valence-corrected chi connectivity index (χ4v) is 7.36. The van der Waals surface area contributed by atoms with E-state index >= 15 is 0 Å². The van der Waals surface area contributed by atoms with Crippen LogP contribution in [0.4, 0.5) is 5.69 Å². The molecule has 0 spiro atoms. The molecule has 11 heteroatoms.